The summed E-state index contributed by atoms with van der Waals surface area (Å²) in [5, 5.41) is 17.1. The molecular formula is C19H19N3O. The number of aromatic nitrogens is 3. The van der Waals surface area contributed by atoms with Crippen LogP contribution < -0.4 is 0 Å². The molecule has 1 aliphatic rings. The molecule has 1 aliphatic carbocycles. The van der Waals surface area contributed by atoms with E-state index in [0.717, 1.165) is 23.6 Å². The smallest absolute Gasteiger partial charge is 0.158 e. The molecule has 0 radical (unpaired) electrons. The van der Waals surface area contributed by atoms with E-state index in [4.69, 9.17) is 4.98 Å². The summed E-state index contributed by atoms with van der Waals surface area (Å²) in [5.74, 6) is 2.85. The van der Waals surface area contributed by atoms with Crippen molar-refractivity contribution in [3.8, 4) is 5.75 Å². The maximum atomic E-state index is 9.47. The molecule has 2 aromatic carbocycles. The fraction of sp³-hybridized carbons (Fsp3) is 0.263. The van der Waals surface area contributed by atoms with Crippen LogP contribution in [0.3, 0.4) is 0 Å². The van der Waals surface area contributed by atoms with E-state index >= 15 is 0 Å². The number of aromatic amines is 1. The molecule has 2 N–H and O–H groups in total. The second kappa shape index (κ2) is 5.88. The van der Waals surface area contributed by atoms with Crippen LogP contribution >= 0.6 is 0 Å². The van der Waals surface area contributed by atoms with E-state index in [-0.39, 0.29) is 5.92 Å². The summed E-state index contributed by atoms with van der Waals surface area (Å²) in [7, 11) is 0. The fourth-order valence-electron chi connectivity index (χ4n) is 2.89. The molecule has 0 bridgehead atoms. The van der Waals surface area contributed by atoms with Gasteiger partial charge in [0.15, 0.2) is 5.82 Å². The fourth-order valence-corrected chi connectivity index (χ4v) is 2.89. The van der Waals surface area contributed by atoms with Gasteiger partial charge in [-0.25, -0.2) is 4.98 Å². The minimum atomic E-state index is 0.115. The molecule has 4 nitrogen and oxygen atoms in total. The summed E-state index contributed by atoms with van der Waals surface area (Å²) in [4.78, 5) is 4.75. The largest absolute Gasteiger partial charge is 0.508 e. The molecule has 0 unspecified atom stereocenters. The van der Waals surface area contributed by atoms with Gasteiger partial charge in [0.1, 0.15) is 11.6 Å². The van der Waals surface area contributed by atoms with Crippen LogP contribution in [0.2, 0.25) is 0 Å². The van der Waals surface area contributed by atoms with E-state index < -0.39 is 0 Å². The highest BCUT2D eigenvalue weighted by molar-refractivity contribution is 5.32. The zero-order valence-corrected chi connectivity index (χ0v) is 12.8. The SMILES string of the molecule is Oc1ccc(C[C@@H](c2ccccc2)c2n[nH]c(C3CC3)n2)cc1. The summed E-state index contributed by atoms with van der Waals surface area (Å²) in [5.41, 5.74) is 2.37. The normalized spacial score (nSPS) is 15.5. The van der Waals surface area contributed by atoms with Crippen molar-refractivity contribution in [2.75, 3.05) is 0 Å². The number of phenols is 1. The molecule has 1 saturated carbocycles. The van der Waals surface area contributed by atoms with Gasteiger partial charge in [0.25, 0.3) is 0 Å². The van der Waals surface area contributed by atoms with Crippen molar-refractivity contribution >= 4 is 0 Å². The number of nitrogens with zero attached hydrogens (tertiary/aromatic N) is 2. The second-order valence-electron chi connectivity index (χ2n) is 6.19. The van der Waals surface area contributed by atoms with Crippen molar-refractivity contribution < 1.29 is 5.11 Å². The third-order valence-electron chi connectivity index (χ3n) is 4.37. The molecule has 1 aromatic heterocycles. The molecule has 0 amide bonds. The number of benzene rings is 2. The van der Waals surface area contributed by atoms with Crippen LogP contribution in [-0.4, -0.2) is 20.3 Å². The summed E-state index contributed by atoms with van der Waals surface area (Å²) in [6.45, 7) is 0. The summed E-state index contributed by atoms with van der Waals surface area (Å²) in [6, 6.07) is 17.7. The average molecular weight is 305 g/mol. The Labute approximate surface area is 135 Å². The summed E-state index contributed by atoms with van der Waals surface area (Å²) < 4.78 is 0. The van der Waals surface area contributed by atoms with Crippen molar-refractivity contribution in [1.29, 1.82) is 0 Å². The Bertz CT molecular complexity index is 776. The Balaban J connectivity index is 1.66. The van der Waals surface area contributed by atoms with E-state index in [1.54, 1.807) is 12.1 Å². The monoisotopic (exact) mass is 305 g/mol. The van der Waals surface area contributed by atoms with Crippen LogP contribution in [0.5, 0.6) is 5.75 Å². The van der Waals surface area contributed by atoms with Crippen LogP contribution in [0.1, 0.15) is 47.5 Å². The van der Waals surface area contributed by atoms with Gasteiger partial charge in [-0.05, 0) is 42.5 Å². The highest BCUT2D eigenvalue weighted by atomic mass is 16.3. The Morgan fingerprint density at radius 1 is 1.04 bits per heavy atom. The van der Waals surface area contributed by atoms with Gasteiger partial charge in [0, 0.05) is 11.8 Å². The lowest BCUT2D eigenvalue weighted by molar-refractivity contribution is 0.475. The predicted molar refractivity (Wildman–Crippen MR) is 88.5 cm³/mol. The Kier molecular flexibility index (Phi) is 3.58. The van der Waals surface area contributed by atoms with Gasteiger partial charge in [0.05, 0.1) is 0 Å². The Morgan fingerprint density at radius 2 is 1.78 bits per heavy atom. The van der Waals surface area contributed by atoms with E-state index in [0.29, 0.717) is 11.7 Å². The molecule has 1 fully saturated rings. The van der Waals surface area contributed by atoms with E-state index in [2.05, 4.69) is 22.3 Å². The third-order valence-corrected chi connectivity index (χ3v) is 4.37. The molecule has 0 spiro atoms. The van der Waals surface area contributed by atoms with Crippen molar-refractivity contribution in [3.63, 3.8) is 0 Å². The van der Waals surface area contributed by atoms with Crippen molar-refractivity contribution in [3.05, 3.63) is 77.4 Å². The maximum Gasteiger partial charge on any atom is 0.158 e. The summed E-state index contributed by atoms with van der Waals surface area (Å²) >= 11 is 0. The molecule has 0 aliphatic heterocycles. The van der Waals surface area contributed by atoms with Crippen molar-refractivity contribution in [2.45, 2.75) is 31.1 Å². The minimum Gasteiger partial charge on any atom is -0.508 e. The van der Waals surface area contributed by atoms with Crippen LogP contribution in [0.4, 0.5) is 0 Å². The van der Waals surface area contributed by atoms with E-state index in [1.165, 1.54) is 18.4 Å². The highest BCUT2D eigenvalue weighted by Gasteiger charge is 2.29. The quantitative estimate of drug-likeness (QED) is 0.754. The van der Waals surface area contributed by atoms with Crippen molar-refractivity contribution in [1.82, 2.24) is 15.2 Å². The van der Waals surface area contributed by atoms with Gasteiger partial charge in [0.2, 0.25) is 0 Å². The van der Waals surface area contributed by atoms with Gasteiger partial charge < -0.3 is 5.11 Å². The third kappa shape index (κ3) is 3.11. The number of rotatable bonds is 5. The molecular weight excluding hydrogens is 286 g/mol. The van der Waals surface area contributed by atoms with E-state index in [1.807, 2.05) is 30.3 Å². The first-order valence-corrected chi connectivity index (χ1v) is 8.04. The van der Waals surface area contributed by atoms with Gasteiger partial charge >= 0.3 is 0 Å². The predicted octanol–water partition coefficient (Wildman–Crippen LogP) is 3.76. The number of hydrogen-bond donors (Lipinski definition) is 2. The average Bonchev–Trinajstić information content (AvgIpc) is 3.33. The molecule has 0 saturated heterocycles. The number of phenolic OH excluding ortho intramolecular Hbond substituents is 1. The van der Waals surface area contributed by atoms with Crippen LogP contribution in [0, 0.1) is 0 Å². The van der Waals surface area contributed by atoms with Gasteiger partial charge in [-0.2, -0.15) is 5.10 Å². The molecule has 1 heterocycles. The first kappa shape index (κ1) is 14.0. The Hall–Kier alpha value is -2.62. The zero-order chi connectivity index (χ0) is 15.6. The number of hydrogen-bond acceptors (Lipinski definition) is 3. The topological polar surface area (TPSA) is 61.8 Å². The molecule has 4 rings (SSSR count). The highest BCUT2D eigenvalue weighted by Crippen LogP contribution is 2.38. The van der Waals surface area contributed by atoms with Crippen LogP contribution in [-0.2, 0) is 6.42 Å². The molecule has 4 heteroatoms. The summed E-state index contributed by atoms with van der Waals surface area (Å²) in [6.07, 6.45) is 3.23. The lowest BCUT2D eigenvalue weighted by Gasteiger charge is -2.14. The first-order valence-electron chi connectivity index (χ1n) is 8.04. The van der Waals surface area contributed by atoms with Gasteiger partial charge in [-0.15, -0.1) is 0 Å². The van der Waals surface area contributed by atoms with Crippen LogP contribution in [0.25, 0.3) is 0 Å². The molecule has 23 heavy (non-hydrogen) atoms. The number of H-pyrrole nitrogens is 1. The van der Waals surface area contributed by atoms with Gasteiger partial charge in [-0.3, -0.25) is 5.10 Å². The molecule has 116 valence electrons. The lowest BCUT2D eigenvalue weighted by atomic mass is 9.91. The minimum absolute atomic E-state index is 0.115. The van der Waals surface area contributed by atoms with Crippen LogP contribution in [0.15, 0.2) is 54.6 Å². The Morgan fingerprint density at radius 3 is 2.48 bits per heavy atom. The van der Waals surface area contributed by atoms with Gasteiger partial charge in [-0.1, -0.05) is 42.5 Å². The number of aromatic hydroxyl groups is 1. The zero-order valence-electron chi connectivity index (χ0n) is 12.8. The second-order valence-corrected chi connectivity index (χ2v) is 6.19. The first-order chi connectivity index (χ1) is 11.3. The lowest BCUT2D eigenvalue weighted by Crippen LogP contribution is -2.07. The van der Waals surface area contributed by atoms with Crippen molar-refractivity contribution in [2.24, 2.45) is 0 Å². The number of nitrogens with one attached hydrogen (secondary N) is 1. The molecule has 1 atom stereocenters. The standard InChI is InChI=1S/C19H19N3O/c23-16-10-6-13(7-11-16)12-17(14-4-2-1-3-5-14)19-20-18(21-22-19)15-8-9-15/h1-7,10-11,15,17,23H,8-9,12H2,(H,20,21,22)/t17-/m0/s1. The van der Waals surface area contributed by atoms with E-state index in [9.17, 15) is 5.11 Å². The molecule has 3 aromatic rings. The maximum absolute atomic E-state index is 9.47.